The predicted molar refractivity (Wildman–Crippen MR) is 171 cm³/mol. The van der Waals surface area contributed by atoms with Gasteiger partial charge in [0.15, 0.2) is 0 Å². The van der Waals surface area contributed by atoms with Gasteiger partial charge in [-0.25, -0.2) is 0 Å². The summed E-state index contributed by atoms with van der Waals surface area (Å²) < 4.78 is 2.12. The van der Waals surface area contributed by atoms with E-state index in [1.807, 2.05) is 109 Å². The van der Waals surface area contributed by atoms with Gasteiger partial charge in [0, 0.05) is 27.6 Å². The van der Waals surface area contributed by atoms with Crippen molar-refractivity contribution in [3.63, 3.8) is 0 Å². The van der Waals surface area contributed by atoms with Crippen LogP contribution in [0, 0.1) is 34.0 Å². The molecule has 4 nitrogen and oxygen atoms in total. The van der Waals surface area contributed by atoms with E-state index in [1.165, 1.54) is 0 Å². The SMILES string of the molecule is N#Cc1cc(-c2cccc(-c3cccc(-c4ccccc4)c3)c2C#N)cc(-n2c3ccccc3c3cc(C#N)ccc32)c1. The number of para-hydroxylation sites is 1. The van der Waals surface area contributed by atoms with Gasteiger partial charge in [-0.05, 0) is 70.8 Å². The van der Waals surface area contributed by atoms with Crippen molar-refractivity contribution in [3.05, 3.63) is 150 Å². The van der Waals surface area contributed by atoms with Gasteiger partial charge in [-0.15, -0.1) is 0 Å². The van der Waals surface area contributed by atoms with Crippen LogP contribution in [0.4, 0.5) is 0 Å². The molecule has 7 aromatic rings. The lowest BCUT2D eigenvalue weighted by Gasteiger charge is -2.14. The number of nitrogens with zero attached hydrogens (tertiary/aromatic N) is 4. The molecule has 198 valence electrons. The number of hydrogen-bond donors (Lipinski definition) is 0. The second-order valence-electron chi connectivity index (χ2n) is 10.4. The molecule has 0 aliphatic heterocycles. The zero-order chi connectivity index (χ0) is 29.3. The Bertz CT molecular complexity index is 2320. The summed E-state index contributed by atoms with van der Waals surface area (Å²) in [6, 6.07) is 50.8. The third-order valence-corrected chi connectivity index (χ3v) is 7.87. The standard InChI is InChI=1S/C39H22N4/c40-23-26-16-17-39-36(20-26)35-12-4-5-15-38(35)43(39)32-19-27(24-41)18-31(22-32)34-14-7-13-33(37(34)25-42)30-11-6-10-29(21-30)28-8-2-1-3-9-28/h1-22H. The first kappa shape index (κ1) is 25.6. The van der Waals surface area contributed by atoms with Gasteiger partial charge in [0.2, 0.25) is 0 Å². The summed E-state index contributed by atoms with van der Waals surface area (Å²) in [5.74, 6) is 0. The highest BCUT2D eigenvalue weighted by Crippen LogP contribution is 2.37. The third kappa shape index (κ3) is 4.39. The number of nitriles is 3. The van der Waals surface area contributed by atoms with Crippen LogP contribution in [0.3, 0.4) is 0 Å². The van der Waals surface area contributed by atoms with Crippen molar-refractivity contribution in [2.75, 3.05) is 0 Å². The van der Waals surface area contributed by atoms with Crippen LogP contribution in [0.5, 0.6) is 0 Å². The van der Waals surface area contributed by atoms with Gasteiger partial charge in [-0.3, -0.25) is 0 Å². The van der Waals surface area contributed by atoms with Crippen molar-refractivity contribution in [2.24, 2.45) is 0 Å². The van der Waals surface area contributed by atoms with E-state index in [0.717, 1.165) is 60.9 Å². The van der Waals surface area contributed by atoms with Gasteiger partial charge in [-0.1, -0.05) is 84.9 Å². The first-order chi connectivity index (χ1) is 21.2. The molecule has 7 rings (SSSR count). The molecule has 0 bridgehead atoms. The lowest BCUT2D eigenvalue weighted by atomic mass is 9.90. The molecule has 0 amide bonds. The van der Waals surface area contributed by atoms with Crippen molar-refractivity contribution in [1.82, 2.24) is 4.57 Å². The lowest BCUT2D eigenvalue weighted by molar-refractivity contribution is 1.18. The Labute approximate surface area is 249 Å². The van der Waals surface area contributed by atoms with Gasteiger partial charge in [0.1, 0.15) is 6.07 Å². The molecule has 1 heterocycles. The van der Waals surface area contributed by atoms with E-state index in [-0.39, 0.29) is 0 Å². The summed E-state index contributed by atoms with van der Waals surface area (Å²) in [5, 5.41) is 32.1. The fourth-order valence-electron chi connectivity index (χ4n) is 5.93. The zero-order valence-corrected chi connectivity index (χ0v) is 23.0. The van der Waals surface area contributed by atoms with Gasteiger partial charge in [-0.2, -0.15) is 15.8 Å². The molecular weight excluding hydrogens is 524 g/mol. The Morgan fingerprint density at radius 3 is 1.88 bits per heavy atom. The van der Waals surface area contributed by atoms with Crippen LogP contribution in [0.2, 0.25) is 0 Å². The van der Waals surface area contributed by atoms with Crippen LogP contribution in [0.25, 0.3) is 60.9 Å². The van der Waals surface area contributed by atoms with Crippen LogP contribution in [0.1, 0.15) is 16.7 Å². The first-order valence-electron chi connectivity index (χ1n) is 13.9. The fraction of sp³-hybridized carbons (Fsp3) is 0. The number of hydrogen-bond acceptors (Lipinski definition) is 3. The number of rotatable bonds is 4. The molecule has 0 saturated heterocycles. The van der Waals surface area contributed by atoms with Crippen LogP contribution in [-0.2, 0) is 0 Å². The second-order valence-corrected chi connectivity index (χ2v) is 10.4. The van der Waals surface area contributed by atoms with E-state index >= 15 is 0 Å². The van der Waals surface area contributed by atoms with Gasteiger partial charge in [0.25, 0.3) is 0 Å². The minimum atomic E-state index is 0.493. The molecule has 0 aliphatic rings. The maximum absolute atomic E-state index is 10.5. The minimum Gasteiger partial charge on any atom is -0.309 e. The average molecular weight is 547 g/mol. The summed E-state index contributed by atoms with van der Waals surface area (Å²) in [5.41, 5.74) is 9.87. The smallest absolute Gasteiger partial charge is 0.100 e. The van der Waals surface area contributed by atoms with Crippen molar-refractivity contribution in [3.8, 4) is 57.3 Å². The van der Waals surface area contributed by atoms with Crippen LogP contribution >= 0.6 is 0 Å². The summed E-state index contributed by atoms with van der Waals surface area (Å²) in [4.78, 5) is 0. The summed E-state index contributed by atoms with van der Waals surface area (Å²) in [7, 11) is 0. The summed E-state index contributed by atoms with van der Waals surface area (Å²) >= 11 is 0. The van der Waals surface area contributed by atoms with Crippen molar-refractivity contribution >= 4 is 21.8 Å². The molecule has 43 heavy (non-hydrogen) atoms. The van der Waals surface area contributed by atoms with Gasteiger partial charge < -0.3 is 4.57 Å². The molecule has 6 aromatic carbocycles. The molecule has 0 saturated carbocycles. The predicted octanol–water partition coefficient (Wildman–Crippen LogP) is 9.40. The number of benzene rings is 6. The lowest BCUT2D eigenvalue weighted by Crippen LogP contribution is -1.97. The van der Waals surface area contributed by atoms with Crippen LogP contribution in [0.15, 0.2) is 133 Å². The van der Waals surface area contributed by atoms with Crippen LogP contribution < -0.4 is 0 Å². The molecule has 0 fully saturated rings. The molecule has 0 radical (unpaired) electrons. The maximum Gasteiger partial charge on any atom is 0.100 e. The van der Waals surface area contributed by atoms with E-state index < -0.39 is 0 Å². The Morgan fingerprint density at radius 2 is 1.09 bits per heavy atom. The largest absolute Gasteiger partial charge is 0.309 e. The molecule has 0 spiro atoms. The van der Waals surface area contributed by atoms with E-state index in [0.29, 0.717) is 16.7 Å². The Kier molecular flexibility index (Phi) is 6.26. The zero-order valence-electron chi connectivity index (χ0n) is 23.0. The van der Waals surface area contributed by atoms with Gasteiger partial charge in [0.05, 0.1) is 39.9 Å². The Hall–Kier alpha value is -6.41. The Morgan fingerprint density at radius 1 is 0.419 bits per heavy atom. The van der Waals surface area contributed by atoms with Crippen LogP contribution in [-0.4, -0.2) is 4.57 Å². The fourth-order valence-corrected chi connectivity index (χ4v) is 5.93. The van der Waals surface area contributed by atoms with Crippen molar-refractivity contribution < 1.29 is 0 Å². The average Bonchev–Trinajstić information content (AvgIpc) is 3.41. The van der Waals surface area contributed by atoms with Crippen molar-refractivity contribution in [2.45, 2.75) is 0 Å². The minimum absolute atomic E-state index is 0.493. The highest BCUT2D eigenvalue weighted by Gasteiger charge is 2.17. The van der Waals surface area contributed by atoms with E-state index in [9.17, 15) is 15.8 Å². The quantitative estimate of drug-likeness (QED) is 0.221. The molecule has 0 atom stereocenters. The monoisotopic (exact) mass is 546 g/mol. The first-order valence-corrected chi connectivity index (χ1v) is 13.9. The van der Waals surface area contributed by atoms with E-state index in [1.54, 1.807) is 0 Å². The third-order valence-electron chi connectivity index (χ3n) is 7.87. The van der Waals surface area contributed by atoms with Crippen molar-refractivity contribution in [1.29, 1.82) is 15.8 Å². The van der Waals surface area contributed by atoms with E-state index in [4.69, 9.17) is 0 Å². The highest BCUT2D eigenvalue weighted by atomic mass is 15.0. The summed E-state index contributed by atoms with van der Waals surface area (Å²) in [6.07, 6.45) is 0. The number of aromatic nitrogens is 1. The number of fused-ring (bicyclic) bond motifs is 3. The summed E-state index contributed by atoms with van der Waals surface area (Å²) in [6.45, 7) is 0. The molecule has 0 unspecified atom stereocenters. The molecule has 0 aliphatic carbocycles. The normalized spacial score (nSPS) is 10.7. The Balaban J connectivity index is 1.43. The van der Waals surface area contributed by atoms with E-state index in [2.05, 4.69) is 47.0 Å². The topological polar surface area (TPSA) is 76.3 Å². The molecule has 0 N–H and O–H groups in total. The highest BCUT2D eigenvalue weighted by molar-refractivity contribution is 6.09. The maximum atomic E-state index is 10.5. The van der Waals surface area contributed by atoms with Gasteiger partial charge >= 0.3 is 0 Å². The molecular formula is C39H22N4. The second kappa shape index (κ2) is 10.5. The molecule has 4 heteroatoms. The molecule has 1 aromatic heterocycles.